The third-order valence-electron chi connectivity index (χ3n) is 5.05. The van der Waals surface area contributed by atoms with Crippen molar-refractivity contribution in [3.8, 4) is 10.4 Å². The van der Waals surface area contributed by atoms with Crippen molar-refractivity contribution in [2.45, 2.75) is 20.3 Å². The average Bonchev–Trinajstić information content (AvgIpc) is 3.33. The molecule has 1 aromatic heterocycles. The molecule has 1 aliphatic carbocycles. The summed E-state index contributed by atoms with van der Waals surface area (Å²) in [6.45, 7) is 4.87. The van der Waals surface area contributed by atoms with Gasteiger partial charge in [0, 0.05) is 15.3 Å². The van der Waals surface area contributed by atoms with E-state index in [1.807, 2.05) is 11.3 Å². The molecule has 0 bridgehead atoms. The Hall–Kier alpha value is -2.52. The molecular formula is C22H18N2S. The number of aryl methyl sites for hydroxylation is 2. The molecule has 2 nitrogen and oxygen atoms in total. The summed E-state index contributed by atoms with van der Waals surface area (Å²) >= 11 is 1.87. The summed E-state index contributed by atoms with van der Waals surface area (Å²) in [5.74, 6) is 0. The Bertz CT molecular complexity index is 1170. The molecule has 122 valence electrons. The largest absolute Gasteiger partial charge is 0.259 e. The Morgan fingerprint density at radius 2 is 1.68 bits per heavy atom. The fourth-order valence-corrected chi connectivity index (χ4v) is 5.01. The molecule has 1 aliphatic heterocycles. The second-order valence-corrected chi connectivity index (χ2v) is 7.83. The molecular weight excluding hydrogens is 324 g/mol. The molecule has 0 fully saturated rings. The number of rotatable bonds is 2. The summed E-state index contributed by atoms with van der Waals surface area (Å²) in [5.41, 5.74) is 7.97. The van der Waals surface area contributed by atoms with Gasteiger partial charge in [0.15, 0.2) is 0 Å². The molecule has 2 aliphatic rings. The van der Waals surface area contributed by atoms with Gasteiger partial charge in [0.2, 0.25) is 0 Å². The van der Waals surface area contributed by atoms with Crippen LogP contribution in [0.2, 0.25) is 0 Å². The van der Waals surface area contributed by atoms with Crippen molar-refractivity contribution in [2.75, 3.05) is 6.67 Å². The van der Waals surface area contributed by atoms with Gasteiger partial charge in [0.1, 0.15) is 6.67 Å². The van der Waals surface area contributed by atoms with Crippen LogP contribution in [0, 0.1) is 13.8 Å². The van der Waals surface area contributed by atoms with Crippen LogP contribution in [-0.4, -0.2) is 6.67 Å². The third-order valence-corrected chi connectivity index (χ3v) is 6.23. The van der Waals surface area contributed by atoms with Crippen molar-refractivity contribution in [3.05, 3.63) is 80.3 Å². The third kappa shape index (κ3) is 2.30. The second kappa shape index (κ2) is 5.50. The monoisotopic (exact) mass is 342 g/mol. The van der Waals surface area contributed by atoms with Gasteiger partial charge in [-0.25, -0.2) is 0 Å². The lowest BCUT2D eigenvalue weighted by Gasteiger charge is -2.05. The molecule has 0 saturated carbocycles. The normalized spacial score (nSPS) is 14.6. The van der Waals surface area contributed by atoms with Crippen molar-refractivity contribution in [2.24, 2.45) is 9.98 Å². The molecule has 0 spiro atoms. The average molecular weight is 342 g/mol. The van der Waals surface area contributed by atoms with Crippen LogP contribution in [0.1, 0.15) is 27.1 Å². The van der Waals surface area contributed by atoms with Gasteiger partial charge in [0.05, 0.1) is 10.7 Å². The highest BCUT2D eigenvalue weighted by Gasteiger charge is 2.18. The second-order valence-electron chi connectivity index (χ2n) is 6.75. The van der Waals surface area contributed by atoms with Crippen LogP contribution in [-0.2, 0) is 6.42 Å². The lowest BCUT2D eigenvalue weighted by molar-refractivity contribution is 1.05. The highest BCUT2D eigenvalue weighted by atomic mass is 32.1. The molecule has 0 N–H and O–H groups in total. The van der Waals surface area contributed by atoms with Crippen molar-refractivity contribution in [1.29, 1.82) is 0 Å². The first-order chi connectivity index (χ1) is 12.2. The maximum absolute atomic E-state index is 4.66. The van der Waals surface area contributed by atoms with Gasteiger partial charge in [-0.15, -0.1) is 11.3 Å². The van der Waals surface area contributed by atoms with E-state index < -0.39 is 0 Å². The Labute approximate surface area is 150 Å². The molecule has 25 heavy (non-hydrogen) atoms. The molecule has 0 amide bonds. The minimum atomic E-state index is 0.561. The number of allylic oxidation sites excluding steroid dienone is 1. The van der Waals surface area contributed by atoms with Crippen LogP contribution in [0.5, 0.6) is 0 Å². The summed E-state index contributed by atoms with van der Waals surface area (Å²) in [4.78, 5) is 11.9. The van der Waals surface area contributed by atoms with Gasteiger partial charge in [-0.1, -0.05) is 30.3 Å². The van der Waals surface area contributed by atoms with E-state index in [9.17, 15) is 0 Å². The quantitative estimate of drug-likeness (QED) is 0.662. The fraction of sp³-hybridized carbons (Fsp3) is 0.182. The highest BCUT2D eigenvalue weighted by Crippen LogP contribution is 2.37. The minimum absolute atomic E-state index is 0.561. The zero-order chi connectivity index (χ0) is 17.0. The first kappa shape index (κ1) is 14.8. The fourth-order valence-electron chi connectivity index (χ4n) is 3.88. The van der Waals surface area contributed by atoms with Crippen molar-refractivity contribution < 1.29 is 0 Å². The predicted molar refractivity (Wildman–Crippen MR) is 104 cm³/mol. The van der Waals surface area contributed by atoms with Crippen LogP contribution in [0.25, 0.3) is 22.1 Å². The number of nitrogens with zero attached hydrogens (tertiary/aromatic N) is 2. The Kier molecular flexibility index (Phi) is 3.25. The zero-order valence-corrected chi connectivity index (χ0v) is 15.2. The number of hydrogen-bond acceptors (Lipinski definition) is 3. The Morgan fingerprint density at radius 1 is 0.880 bits per heavy atom. The van der Waals surface area contributed by atoms with E-state index in [2.05, 4.69) is 72.4 Å². The molecule has 0 saturated heterocycles. The minimum Gasteiger partial charge on any atom is -0.259 e. The molecule has 2 heterocycles. The highest BCUT2D eigenvalue weighted by molar-refractivity contribution is 7.16. The van der Waals surface area contributed by atoms with Crippen molar-refractivity contribution in [1.82, 2.24) is 0 Å². The molecule has 0 radical (unpaired) electrons. The van der Waals surface area contributed by atoms with E-state index in [0.29, 0.717) is 6.67 Å². The van der Waals surface area contributed by atoms with E-state index in [0.717, 1.165) is 17.1 Å². The number of fused-ring (bicyclic) bond motifs is 2. The topological polar surface area (TPSA) is 24.7 Å². The molecule has 3 heteroatoms. The summed E-state index contributed by atoms with van der Waals surface area (Å²) in [6.07, 6.45) is 3.36. The maximum Gasteiger partial charge on any atom is 0.130 e. The first-order valence-corrected chi connectivity index (χ1v) is 9.40. The van der Waals surface area contributed by atoms with E-state index in [4.69, 9.17) is 0 Å². The maximum atomic E-state index is 4.66. The van der Waals surface area contributed by atoms with Gasteiger partial charge < -0.3 is 0 Å². The van der Waals surface area contributed by atoms with Crippen LogP contribution in [0.3, 0.4) is 0 Å². The van der Waals surface area contributed by atoms with Crippen molar-refractivity contribution >= 4 is 23.0 Å². The molecule has 0 unspecified atom stereocenters. The van der Waals surface area contributed by atoms with Crippen LogP contribution >= 0.6 is 11.3 Å². The van der Waals surface area contributed by atoms with E-state index in [1.54, 1.807) is 0 Å². The number of benzene rings is 2. The van der Waals surface area contributed by atoms with Gasteiger partial charge in [-0.2, -0.15) is 0 Å². The molecule has 5 rings (SSSR count). The summed E-state index contributed by atoms with van der Waals surface area (Å²) in [5, 5.41) is 2.15. The van der Waals surface area contributed by atoms with E-state index in [-0.39, 0.29) is 0 Å². The van der Waals surface area contributed by atoms with Crippen LogP contribution < -0.4 is 10.7 Å². The van der Waals surface area contributed by atoms with Crippen molar-refractivity contribution in [3.63, 3.8) is 0 Å². The van der Waals surface area contributed by atoms with Crippen LogP contribution in [0.4, 0.5) is 0 Å². The summed E-state index contributed by atoms with van der Waals surface area (Å²) in [6, 6.07) is 15.4. The van der Waals surface area contributed by atoms with Gasteiger partial charge >= 0.3 is 0 Å². The van der Waals surface area contributed by atoms with E-state index in [1.165, 1.54) is 43.1 Å². The van der Waals surface area contributed by atoms with Crippen LogP contribution in [0.15, 0.2) is 52.4 Å². The SMILES string of the molecule is Cc1cc(C)c2c(c1-c1ccc(C3=Cc4ccccc4C3)s1)=NCN=2. The zero-order valence-electron chi connectivity index (χ0n) is 14.3. The lowest BCUT2D eigenvalue weighted by atomic mass is 10.0. The molecule has 2 aromatic carbocycles. The Balaban J connectivity index is 1.60. The smallest absolute Gasteiger partial charge is 0.130 e. The first-order valence-electron chi connectivity index (χ1n) is 8.59. The standard InChI is InChI=1S/C22H18N2S/c1-13-9-14(2)21-22(24-12-23-21)20(13)19-8-7-18(25-19)17-10-15-5-3-4-6-16(15)11-17/h3-10H,11-12H2,1-2H3. The molecule has 3 aromatic rings. The number of hydrogen-bond donors (Lipinski definition) is 0. The lowest BCUT2D eigenvalue weighted by Crippen LogP contribution is -2.27. The number of thiophene rings is 1. The predicted octanol–water partition coefficient (Wildman–Crippen LogP) is 4.34. The van der Waals surface area contributed by atoms with Gasteiger partial charge in [-0.3, -0.25) is 9.98 Å². The Morgan fingerprint density at radius 3 is 2.56 bits per heavy atom. The summed E-state index contributed by atoms with van der Waals surface area (Å²) in [7, 11) is 0. The van der Waals surface area contributed by atoms with E-state index >= 15 is 0 Å². The van der Waals surface area contributed by atoms with Gasteiger partial charge in [-0.05, 0) is 66.3 Å². The van der Waals surface area contributed by atoms with Gasteiger partial charge in [0.25, 0.3) is 0 Å². The summed E-state index contributed by atoms with van der Waals surface area (Å²) < 4.78 is 0. The molecule has 0 atom stereocenters.